The predicted octanol–water partition coefficient (Wildman–Crippen LogP) is 2.32. The second-order valence-corrected chi connectivity index (χ2v) is 8.69. The number of fused-ring (bicyclic) bond motifs is 1. The molecule has 2 fully saturated rings. The molecule has 0 spiro atoms. The highest BCUT2D eigenvalue weighted by atomic mass is 35.5. The molecule has 0 bridgehead atoms. The molecule has 0 radical (unpaired) electrons. The summed E-state index contributed by atoms with van der Waals surface area (Å²) < 4.78 is 5.83. The Kier molecular flexibility index (Phi) is 5.69. The lowest BCUT2D eigenvalue weighted by molar-refractivity contribution is -0.943. The Balaban J connectivity index is 1.47. The van der Waals surface area contributed by atoms with Crippen molar-refractivity contribution < 1.29 is 18.9 Å². The van der Waals surface area contributed by atoms with Crippen molar-refractivity contribution in [1.29, 1.82) is 0 Å². The number of aromatic nitrogens is 2. The zero-order valence-electron chi connectivity index (χ0n) is 16.7. The molecule has 1 unspecified atom stereocenters. The van der Waals surface area contributed by atoms with Crippen LogP contribution in [0.3, 0.4) is 0 Å². The molecule has 2 aromatic rings. The summed E-state index contributed by atoms with van der Waals surface area (Å²) in [5, 5.41) is 8.93. The zero-order valence-corrected chi connectivity index (χ0v) is 17.5. The van der Waals surface area contributed by atoms with Gasteiger partial charge in [-0.1, -0.05) is 24.4 Å². The number of imide groups is 1. The SMILES string of the molecule is CC(C)[NH+](Cc1nnc(-c2ccc(Cl)cc2)o1)CN1C(=O)[C@H]2CCCC[C@@H]2C1=O. The second-order valence-electron chi connectivity index (χ2n) is 8.26. The Morgan fingerprint density at radius 3 is 2.31 bits per heavy atom. The summed E-state index contributed by atoms with van der Waals surface area (Å²) in [6, 6.07) is 7.39. The average molecular weight is 418 g/mol. The maximum Gasteiger partial charge on any atom is 0.271 e. The molecular weight excluding hydrogens is 392 g/mol. The van der Waals surface area contributed by atoms with E-state index in [0.717, 1.165) is 36.1 Å². The summed E-state index contributed by atoms with van der Waals surface area (Å²) in [6.45, 7) is 4.90. The number of carbonyl (C=O) groups excluding carboxylic acids is 2. The summed E-state index contributed by atoms with van der Waals surface area (Å²) in [5.74, 6) is 0.652. The Morgan fingerprint density at radius 2 is 1.72 bits per heavy atom. The molecule has 4 rings (SSSR count). The van der Waals surface area contributed by atoms with Gasteiger partial charge in [0.05, 0.1) is 17.9 Å². The molecule has 1 aromatic heterocycles. The molecule has 29 heavy (non-hydrogen) atoms. The van der Waals surface area contributed by atoms with Gasteiger partial charge in [-0.2, -0.15) is 0 Å². The van der Waals surface area contributed by atoms with Crippen molar-refractivity contribution >= 4 is 23.4 Å². The van der Waals surface area contributed by atoms with Crippen LogP contribution in [0.1, 0.15) is 45.4 Å². The van der Waals surface area contributed by atoms with Crippen LogP contribution in [0.2, 0.25) is 5.02 Å². The smallest absolute Gasteiger partial charge is 0.271 e. The number of hydrogen-bond donors (Lipinski definition) is 1. The van der Waals surface area contributed by atoms with Gasteiger partial charge in [0.15, 0.2) is 13.2 Å². The number of halogens is 1. The van der Waals surface area contributed by atoms with Crippen molar-refractivity contribution in [2.45, 2.75) is 52.1 Å². The molecule has 7 nitrogen and oxygen atoms in total. The molecule has 1 saturated heterocycles. The van der Waals surface area contributed by atoms with Crippen LogP contribution in [0.15, 0.2) is 28.7 Å². The Bertz CT molecular complexity index is 872. The van der Waals surface area contributed by atoms with Gasteiger partial charge in [0.1, 0.15) is 0 Å². The molecule has 1 N–H and O–H groups in total. The van der Waals surface area contributed by atoms with Crippen molar-refractivity contribution in [2.24, 2.45) is 11.8 Å². The summed E-state index contributed by atoms with van der Waals surface area (Å²) in [5.41, 5.74) is 0.799. The third-order valence-electron chi connectivity index (χ3n) is 6.05. The molecule has 154 valence electrons. The highest BCUT2D eigenvalue weighted by molar-refractivity contribution is 6.30. The summed E-state index contributed by atoms with van der Waals surface area (Å²) in [6.07, 6.45) is 3.72. The molecule has 2 heterocycles. The van der Waals surface area contributed by atoms with Gasteiger partial charge < -0.3 is 9.32 Å². The third-order valence-corrected chi connectivity index (χ3v) is 6.30. The lowest BCUT2D eigenvalue weighted by Gasteiger charge is -2.26. The second kappa shape index (κ2) is 8.24. The molecule has 3 atom stereocenters. The Morgan fingerprint density at radius 1 is 1.10 bits per heavy atom. The number of likely N-dealkylation sites (tertiary alicyclic amines) is 1. The van der Waals surface area contributed by atoms with Gasteiger partial charge in [0.2, 0.25) is 17.7 Å². The van der Waals surface area contributed by atoms with Crippen LogP contribution in [0.5, 0.6) is 0 Å². The van der Waals surface area contributed by atoms with Crippen molar-refractivity contribution in [3.05, 3.63) is 35.2 Å². The number of benzene rings is 1. The zero-order chi connectivity index (χ0) is 20.5. The molecule has 1 aromatic carbocycles. The average Bonchev–Trinajstić information content (AvgIpc) is 3.27. The maximum atomic E-state index is 12.8. The van der Waals surface area contributed by atoms with Gasteiger partial charge >= 0.3 is 0 Å². The van der Waals surface area contributed by atoms with E-state index >= 15 is 0 Å². The van der Waals surface area contributed by atoms with Crippen LogP contribution in [0.25, 0.3) is 11.5 Å². The van der Waals surface area contributed by atoms with E-state index in [2.05, 4.69) is 24.0 Å². The van der Waals surface area contributed by atoms with Crippen molar-refractivity contribution in [2.75, 3.05) is 6.67 Å². The van der Waals surface area contributed by atoms with E-state index in [1.807, 2.05) is 12.1 Å². The van der Waals surface area contributed by atoms with E-state index in [9.17, 15) is 9.59 Å². The normalized spacial score (nSPS) is 23.0. The molecule has 8 heteroatoms. The van der Waals surface area contributed by atoms with Crippen molar-refractivity contribution in [3.63, 3.8) is 0 Å². The highest BCUT2D eigenvalue weighted by Gasteiger charge is 2.49. The fourth-order valence-corrected chi connectivity index (χ4v) is 4.39. The first-order valence-corrected chi connectivity index (χ1v) is 10.6. The summed E-state index contributed by atoms with van der Waals surface area (Å²) >= 11 is 5.93. The fraction of sp³-hybridized carbons (Fsp3) is 0.524. The van der Waals surface area contributed by atoms with Crippen molar-refractivity contribution in [3.8, 4) is 11.5 Å². The number of nitrogens with zero attached hydrogens (tertiary/aromatic N) is 3. The van der Waals surface area contributed by atoms with Gasteiger partial charge in [-0.3, -0.25) is 9.59 Å². The number of rotatable bonds is 6. The number of carbonyl (C=O) groups is 2. The number of amides is 2. The van der Waals surface area contributed by atoms with Gasteiger partial charge in [0.25, 0.3) is 5.89 Å². The summed E-state index contributed by atoms with van der Waals surface area (Å²) in [7, 11) is 0. The van der Waals surface area contributed by atoms with Gasteiger partial charge in [-0.25, -0.2) is 4.90 Å². The minimum Gasteiger partial charge on any atom is -0.415 e. The monoisotopic (exact) mass is 417 g/mol. The molecular formula is C21H26ClN4O3+. The van der Waals surface area contributed by atoms with Crippen LogP contribution in [-0.2, 0) is 16.1 Å². The van der Waals surface area contributed by atoms with Crippen LogP contribution in [0.4, 0.5) is 0 Å². The standard InChI is InChI=1S/C21H25ClN4O3/c1-13(2)25(12-26-20(27)16-5-3-4-6-17(16)21(26)28)11-18-23-24-19(29-18)14-7-9-15(22)10-8-14/h7-10,13,16-17H,3-6,11-12H2,1-2H3/p+1/t16-,17-/m0/s1. The van der Waals surface area contributed by atoms with Gasteiger partial charge in [0, 0.05) is 10.6 Å². The first-order valence-electron chi connectivity index (χ1n) is 10.2. The van der Waals surface area contributed by atoms with Crippen LogP contribution in [-0.4, -0.2) is 39.6 Å². The van der Waals surface area contributed by atoms with E-state index in [-0.39, 0.29) is 29.7 Å². The minimum atomic E-state index is -0.121. The minimum absolute atomic E-state index is 0.00904. The predicted molar refractivity (Wildman–Crippen MR) is 107 cm³/mol. The van der Waals surface area contributed by atoms with E-state index in [4.69, 9.17) is 16.0 Å². The van der Waals surface area contributed by atoms with Gasteiger partial charge in [-0.15, -0.1) is 10.2 Å². The molecule has 1 saturated carbocycles. The van der Waals surface area contributed by atoms with E-state index in [1.54, 1.807) is 12.1 Å². The number of nitrogens with one attached hydrogen (secondary N) is 1. The van der Waals surface area contributed by atoms with Gasteiger partial charge in [-0.05, 0) is 51.0 Å². The number of hydrogen-bond acceptors (Lipinski definition) is 5. The largest absolute Gasteiger partial charge is 0.415 e. The molecule has 2 aliphatic rings. The summed E-state index contributed by atoms with van der Waals surface area (Å²) in [4.78, 5) is 28.1. The first kappa shape index (κ1) is 20.0. The Labute approximate surface area is 175 Å². The van der Waals surface area contributed by atoms with Crippen LogP contribution in [0, 0.1) is 11.8 Å². The Hall–Kier alpha value is -2.25. The highest BCUT2D eigenvalue weighted by Crippen LogP contribution is 2.37. The van der Waals surface area contributed by atoms with E-state index in [1.165, 1.54) is 4.90 Å². The molecule has 1 aliphatic carbocycles. The quantitative estimate of drug-likeness (QED) is 0.729. The lowest BCUT2D eigenvalue weighted by Crippen LogP contribution is -3.15. The first-order chi connectivity index (χ1) is 13.9. The third kappa shape index (κ3) is 4.07. The number of quaternary nitrogens is 1. The maximum absolute atomic E-state index is 12.8. The van der Waals surface area contributed by atoms with E-state index in [0.29, 0.717) is 30.0 Å². The van der Waals surface area contributed by atoms with Crippen LogP contribution < -0.4 is 4.90 Å². The lowest BCUT2D eigenvalue weighted by atomic mass is 9.81. The molecule has 1 aliphatic heterocycles. The van der Waals surface area contributed by atoms with Crippen LogP contribution >= 0.6 is 11.6 Å². The molecule has 2 amide bonds. The topological polar surface area (TPSA) is 80.7 Å². The fourth-order valence-electron chi connectivity index (χ4n) is 4.26. The van der Waals surface area contributed by atoms with E-state index < -0.39 is 0 Å². The van der Waals surface area contributed by atoms with Crippen molar-refractivity contribution in [1.82, 2.24) is 15.1 Å².